The predicted octanol–water partition coefficient (Wildman–Crippen LogP) is 3.21. The van der Waals surface area contributed by atoms with Crippen LogP contribution in [0.1, 0.15) is 39.1 Å². The van der Waals surface area contributed by atoms with Crippen molar-refractivity contribution in [1.82, 2.24) is 15.3 Å². The zero-order valence-electron chi connectivity index (χ0n) is 12.4. The van der Waals surface area contributed by atoms with Gasteiger partial charge in [0.15, 0.2) is 0 Å². The fourth-order valence-corrected chi connectivity index (χ4v) is 2.07. The Morgan fingerprint density at radius 1 is 1.48 bits per heavy atom. The molecule has 0 aliphatic carbocycles. The van der Waals surface area contributed by atoms with Crippen LogP contribution in [0.25, 0.3) is 11.0 Å². The van der Waals surface area contributed by atoms with Gasteiger partial charge in [-0.1, -0.05) is 18.5 Å². The van der Waals surface area contributed by atoms with Crippen molar-refractivity contribution in [2.24, 2.45) is 0 Å². The molecule has 0 spiro atoms. The average Bonchev–Trinajstić information content (AvgIpc) is 2.87. The third-order valence-corrected chi connectivity index (χ3v) is 3.56. The molecule has 1 aromatic heterocycles. The molecule has 114 valence electrons. The summed E-state index contributed by atoms with van der Waals surface area (Å²) in [5.74, 6) is 0.547. The largest absolute Gasteiger partial charge is 0.369 e. The maximum atomic E-state index is 11.8. The highest BCUT2D eigenvalue weighted by molar-refractivity contribution is 6.31. The lowest BCUT2D eigenvalue weighted by molar-refractivity contribution is -0.128. The normalized spacial score (nSPS) is 14.1. The number of H-pyrrole nitrogens is 1. The first-order chi connectivity index (χ1) is 9.99. The lowest BCUT2D eigenvalue weighted by Gasteiger charge is -2.13. The number of halogens is 1. The van der Waals surface area contributed by atoms with Crippen LogP contribution in [0.5, 0.6) is 0 Å². The molecule has 2 atom stereocenters. The van der Waals surface area contributed by atoms with Crippen LogP contribution in [0.15, 0.2) is 18.2 Å². The molecular formula is C15H20ClN3O2. The van der Waals surface area contributed by atoms with Crippen molar-refractivity contribution in [2.45, 2.75) is 39.3 Å². The first kappa shape index (κ1) is 15.8. The second kappa shape index (κ2) is 6.91. The van der Waals surface area contributed by atoms with Crippen molar-refractivity contribution in [2.75, 3.05) is 6.61 Å². The van der Waals surface area contributed by atoms with E-state index in [0.29, 0.717) is 10.8 Å². The summed E-state index contributed by atoms with van der Waals surface area (Å²) in [5, 5.41) is 3.51. The molecule has 6 heteroatoms. The lowest BCUT2D eigenvalue weighted by Crippen LogP contribution is -2.31. The van der Waals surface area contributed by atoms with E-state index in [-0.39, 0.29) is 24.7 Å². The van der Waals surface area contributed by atoms with Gasteiger partial charge < -0.3 is 15.0 Å². The Kier molecular flexibility index (Phi) is 5.20. The molecule has 1 amide bonds. The molecule has 0 radical (unpaired) electrons. The molecule has 0 unspecified atom stereocenters. The van der Waals surface area contributed by atoms with Gasteiger partial charge >= 0.3 is 0 Å². The van der Waals surface area contributed by atoms with E-state index in [1.807, 2.05) is 32.9 Å². The fraction of sp³-hybridized carbons (Fsp3) is 0.467. The van der Waals surface area contributed by atoms with Gasteiger partial charge in [-0.05, 0) is 38.5 Å². The van der Waals surface area contributed by atoms with E-state index < -0.39 is 0 Å². The third-order valence-electron chi connectivity index (χ3n) is 3.32. The molecule has 0 fully saturated rings. The van der Waals surface area contributed by atoms with Crippen molar-refractivity contribution in [3.05, 3.63) is 29.0 Å². The third kappa shape index (κ3) is 4.19. The first-order valence-electron chi connectivity index (χ1n) is 7.05. The van der Waals surface area contributed by atoms with Gasteiger partial charge in [-0.2, -0.15) is 0 Å². The number of hydrogen-bond donors (Lipinski definition) is 2. The smallest absolute Gasteiger partial charge is 0.246 e. The second-order valence-electron chi connectivity index (χ2n) is 5.10. The zero-order valence-corrected chi connectivity index (χ0v) is 13.2. The van der Waals surface area contributed by atoms with Crippen LogP contribution in [-0.2, 0) is 9.53 Å². The molecule has 0 bridgehead atoms. The number of benzene rings is 1. The Hall–Kier alpha value is -1.59. The number of aromatic amines is 1. The van der Waals surface area contributed by atoms with Gasteiger partial charge in [0.1, 0.15) is 12.4 Å². The van der Waals surface area contributed by atoms with Crippen LogP contribution in [0.4, 0.5) is 0 Å². The van der Waals surface area contributed by atoms with Crippen molar-refractivity contribution < 1.29 is 9.53 Å². The van der Waals surface area contributed by atoms with E-state index in [0.717, 1.165) is 17.5 Å². The average molecular weight is 310 g/mol. The molecule has 0 aliphatic heterocycles. The zero-order chi connectivity index (χ0) is 15.4. The van der Waals surface area contributed by atoms with Crippen LogP contribution < -0.4 is 5.32 Å². The molecule has 1 aromatic carbocycles. The quantitative estimate of drug-likeness (QED) is 0.861. The standard InChI is InChI=1S/C15H20ClN3O2/c1-4-9(2)21-8-14(20)17-10(3)15-18-12-6-5-11(16)7-13(12)19-15/h5-7,9-10H,4,8H2,1-3H3,(H,17,20)(H,18,19)/t9-,10-/m1/s1. The van der Waals surface area contributed by atoms with E-state index in [1.165, 1.54) is 0 Å². The maximum absolute atomic E-state index is 11.8. The Morgan fingerprint density at radius 3 is 2.95 bits per heavy atom. The number of nitrogens with zero attached hydrogens (tertiary/aromatic N) is 1. The lowest BCUT2D eigenvalue weighted by atomic mass is 10.3. The van der Waals surface area contributed by atoms with Crippen molar-refractivity contribution in [3.63, 3.8) is 0 Å². The molecular weight excluding hydrogens is 290 g/mol. The maximum Gasteiger partial charge on any atom is 0.246 e. The summed E-state index contributed by atoms with van der Waals surface area (Å²) < 4.78 is 5.40. The number of carbonyl (C=O) groups excluding carboxylic acids is 1. The predicted molar refractivity (Wildman–Crippen MR) is 83.4 cm³/mol. The summed E-state index contributed by atoms with van der Waals surface area (Å²) in [7, 11) is 0. The summed E-state index contributed by atoms with van der Waals surface area (Å²) in [6.45, 7) is 5.90. The molecule has 2 N–H and O–H groups in total. The number of nitrogens with one attached hydrogen (secondary N) is 2. The van der Waals surface area contributed by atoms with Crippen molar-refractivity contribution in [1.29, 1.82) is 0 Å². The summed E-state index contributed by atoms with van der Waals surface area (Å²) in [6.07, 6.45) is 0.965. The molecule has 2 aromatic rings. The Bertz CT molecular complexity index is 626. The summed E-state index contributed by atoms with van der Waals surface area (Å²) >= 11 is 5.94. The van der Waals surface area contributed by atoms with E-state index in [1.54, 1.807) is 6.07 Å². The van der Waals surface area contributed by atoms with Gasteiger partial charge in [0, 0.05) is 5.02 Å². The fourth-order valence-electron chi connectivity index (χ4n) is 1.89. The highest BCUT2D eigenvalue weighted by Crippen LogP contribution is 2.19. The molecule has 0 saturated heterocycles. The van der Waals surface area contributed by atoms with Gasteiger partial charge in [-0.25, -0.2) is 4.98 Å². The second-order valence-corrected chi connectivity index (χ2v) is 5.54. The van der Waals surface area contributed by atoms with Crippen molar-refractivity contribution >= 4 is 28.5 Å². The van der Waals surface area contributed by atoms with Crippen LogP contribution in [0.2, 0.25) is 5.02 Å². The number of hydrogen-bond acceptors (Lipinski definition) is 3. The minimum absolute atomic E-state index is 0.0609. The van der Waals surface area contributed by atoms with E-state index in [2.05, 4.69) is 15.3 Å². The Balaban J connectivity index is 1.98. The SMILES string of the molecule is CC[C@@H](C)OCC(=O)N[C@H](C)c1nc2ccc(Cl)cc2[nH]1. The van der Waals surface area contributed by atoms with Crippen molar-refractivity contribution in [3.8, 4) is 0 Å². The van der Waals surface area contributed by atoms with E-state index >= 15 is 0 Å². The number of rotatable bonds is 6. The molecule has 5 nitrogen and oxygen atoms in total. The molecule has 0 saturated carbocycles. The van der Waals surface area contributed by atoms with Gasteiger partial charge in [0.25, 0.3) is 0 Å². The van der Waals surface area contributed by atoms with Gasteiger partial charge in [0.2, 0.25) is 5.91 Å². The number of amides is 1. The summed E-state index contributed by atoms with van der Waals surface area (Å²) in [5.41, 5.74) is 1.68. The minimum atomic E-state index is -0.218. The number of imidazole rings is 1. The van der Waals surface area contributed by atoms with Gasteiger partial charge in [0.05, 0.1) is 23.2 Å². The summed E-state index contributed by atoms with van der Waals surface area (Å²) in [6, 6.07) is 5.23. The number of ether oxygens (including phenoxy) is 1. The van der Waals surface area contributed by atoms with Crippen LogP contribution >= 0.6 is 11.6 Å². The summed E-state index contributed by atoms with van der Waals surface area (Å²) in [4.78, 5) is 19.4. The van der Waals surface area contributed by atoms with E-state index in [4.69, 9.17) is 16.3 Å². The highest BCUT2D eigenvalue weighted by atomic mass is 35.5. The van der Waals surface area contributed by atoms with Crippen LogP contribution in [0, 0.1) is 0 Å². The van der Waals surface area contributed by atoms with Gasteiger partial charge in [-0.3, -0.25) is 4.79 Å². The number of aromatic nitrogens is 2. The Morgan fingerprint density at radius 2 is 2.24 bits per heavy atom. The number of fused-ring (bicyclic) bond motifs is 1. The highest BCUT2D eigenvalue weighted by Gasteiger charge is 2.14. The molecule has 21 heavy (non-hydrogen) atoms. The minimum Gasteiger partial charge on any atom is -0.369 e. The molecule has 1 heterocycles. The first-order valence-corrected chi connectivity index (χ1v) is 7.43. The van der Waals surface area contributed by atoms with E-state index in [9.17, 15) is 4.79 Å². The van der Waals surface area contributed by atoms with Crippen LogP contribution in [0.3, 0.4) is 0 Å². The molecule has 0 aliphatic rings. The van der Waals surface area contributed by atoms with Crippen LogP contribution in [-0.4, -0.2) is 28.6 Å². The van der Waals surface area contributed by atoms with Gasteiger partial charge in [-0.15, -0.1) is 0 Å². The topological polar surface area (TPSA) is 67.0 Å². The number of carbonyl (C=O) groups is 1. The molecule has 2 rings (SSSR count). The monoisotopic (exact) mass is 309 g/mol. The Labute approximate surface area is 129 Å².